The molecular weight excluding hydrogens is 286 g/mol. The Morgan fingerprint density at radius 3 is 2.48 bits per heavy atom. The van der Waals surface area contributed by atoms with E-state index in [0.717, 1.165) is 36.9 Å². The lowest BCUT2D eigenvalue weighted by Crippen LogP contribution is -2.49. The summed E-state index contributed by atoms with van der Waals surface area (Å²) in [6.07, 6.45) is 1.80. The van der Waals surface area contributed by atoms with Gasteiger partial charge in [-0.2, -0.15) is 0 Å². The highest BCUT2D eigenvalue weighted by Gasteiger charge is 2.30. The number of thiazole rings is 1. The van der Waals surface area contributed by atoms with Crippen LogP contribution < -0.4 is 4.90 Å². The highest BCUT2D eigenvalue weighted by atomic mass is 32.1. The van der Waals surface area contributed by atoms with Crippen LogP contribution in [0.3, 0.4) is 0 Å². The number of hydrogen-bond donors (Lipinski definition) is 1. The van der Waals surface area contributed by atoms with Crippen molar-refractivity contribution in [1.29, 1.82) is 0 Å². The molecule has 1 fully saturated rings. The molecule has 1 N–H and O–H groups in total. The van der Waals surface area contributed by atoms with Crippen LogP contribution in [0, 0.1) is 0 Å². The second-order valence-corrected chi connectivity index (χ2v) is 5.86. The lowest BCUT2D eigenvalue weighted by atomic mass is 10.0. The van der Waals surface area contributed by atoms with Gasteiger partial charge in [0, 0.05) is 37.8 Å². The van der Waals surface area contributed by atoms with Crippen molar-refractivity contribution >= 4 is 22.4 Å². The van der Waals surface area contributed by atoms with E-state index in [1.165, 1.54) is 0 Å². The standard InChI is InChI=1S/C15H17N3O2S/c19-14(20)13(12-4-2-1-3-5-12)17-7-9-18(10-8-17)15-16-6-11-21-15/h1-6,11,13H,7-10H2,(H,19,20). The second kappa shape index (κ2) is 6.24. The molecule has 1 saturated heterocycles. The maximum Gasteiger partial charge on any atom is 0.325 e. The third-order valence-electron chi connectivity index (χ3n) is 3.72. The Hall–Kier alpha value is -1.92. The number of nitrogens with zero attached hydrogens (tertiary/aromatic N) is 3. The van der Waals surface area contributed by atoms with Gasteiger partial charge in [-0.15, -0.1) is 11.3 Å². The normalized spacial score (nSPS) is 17.6. The summed E-state index contributed by atoms with van der Waals surface area (Å²) in [5.74, 6) is -0.788. The first kappa shape index (κ1) is 14.0. The van der Waals surface area contributed by atoms with Crippen molar-refractivity contribution in [1.82, 2.24) is 9.88 Å². The number of carbonyl (C=O) groups is 1. The highest BCUT2D eigenvalue weighted by Crippen LogP contribution is 2.25. The molecule has 1 aromatic carbocycles. The van der Waals surface area contributed by atoms with Gasteiger partial charge >= 0.3 is 5.97 Å². The number of aliphatic carboxylic acids is 1. The Balaban J connectivity index is 1.71. The Kier molecular flexibility index (Phi) is 4.17. The van der Waals surface area contributed by atoms with Crippen LogP contribution in [-0.4, -0.2) is 47.1 Å². The monoisotopic (exact) mass is 303 g/mol. The molecule has 1 aliphatic heterocycles. The molecule has 1 atom stereocenters. The quantitative estimate of drug-likeness (QED) is 0.937. The number of carboxylic acids is 1. The maximum absolute atomic E-state index is 11.6. The second-order valence-electron chi connectivity index (χ2n) is 4.99. The van der Waals surface area contributed by atoms with Crippen LogP contribution in [0.15, 0.2) is 41.9 Å². The molecule has 1 unspecified atom stereocenters. The Labute approximate surface area is 127 Å². The summed E-state index contributed by atoms with van der Waals surface area (Å²) in [4.78, 5) is 20.2. The lowest BCUT2D eigenvalue weighted by molar-refractivity contribution is -0.143. The molecule has 0 saturated carbocycles. The molecule has 0 radical (unpaired) electrons. The van der Waals surface area contributed by atoms with Crippen molar-refractivity contribution in [2.75, 3.05) is 31.1 Å². The van der Waals surface area contributed by atoms with Gasteiger partial charge in [0.15, 0.2) is 5.13 Å². The molecule has 0 aliphatic carbocycles. The number of anilines is 1. The first-order valence-corrected chi connectivity index (χ1v) is 7.80. The summed E-state index contributed by atoms with van der Waals surface area (Å²) in [5, 5.41) is 12.5. The fraction of sp³-hybridized carbons (Fsp3) is 0.333. The van der Waals surface area contributed by atoms with Gasteiger partial charge in [-0.1, -0.05) is 30.3 Å². The Bertz CT molecular complexity index is 580. The summed E-state index contributed by atoms with van der Waals surface area (Å²) in [6.45, 7) is 3.07. The van der Waals surface area contributed by atoms with E-state index >= 15 is 0 Å². The average Bonchev–Trinajstić information content (AvgIpc) is 3.03. The zero-order valence-electron chi connectivity index (χ0n) is 11.6. The molecule has 1 aromatic heterocycles. The Morgan fingerprint density at radius 2 is 1.90 bits per heavy atom. The van der Waals surface area contributed by atoms with Crippen LogP contribution in [0.2, 0.25) is 0 Å². The van der Waals surface area contributed by atoms with E-state index in [2.05, 4.69) is 9.88 Å². The molecule has 0 amide bonds. The maximum atomic E-state index is 11.6. The number of piperazine rings is 1. The highest BCUT2D eigenvalue weighted by molar-refractivity contribution is 7.13. The molecule has 0 bridgehead atoms. The summed E-state index contributed by atoms with van der Waals surface area (Å²) in [6, 6.07) is 8.87. The molecular formula is C15H17N3O2S. The Morgan fingerprint density at radius 1 is 1.19 bits per heavy atom. The summed E-state index contributed by atoms with van der Waals surface area (Å²) >= 11 is 1.62. The van der Waals surface area contributed by atoms with E-state index in [9.17, 15) is 9.90 Å². The molecule has 110 valence electrons. The van der Waals surface area contributed by atoms with Gasteiger partial charge < -0.3 is 10.0 Å². The van der Waals surface area contributed by atoms with Gasteiger partial charge in [0.2, 0.25) is 0 Å². The van der Waals surface area contributed by atoms with Gasteiger partial charge in [-0.05, 0) is 5.56 Å². The minimum Gasteiger partial charge on any atom is -0.480 e. The first-order chi connectivity index (χ1) is 10.3. The minimum atomic E-state index is -0.788. The van der Waals surface area contributed by atoms with Crippen molar-refractivity contribution in [3.63, 3.8) is 0 Å². The smallest absolute Gasteiger partial charge is 0.325 e. The molecule has 0 spiro atoms. The molecule has 1 aliphatic rings. The van der Waals surface area contributed by atoms with E-state index < -0.39 is 12.0 Å². The number of aromatic nitrogens is 1. The third kappa shape index (κ3) is 3.06. The van der Waals surface area contributed by atoms with Crippen LogP contribution in [-0.2, 0) is 4.79 Å². The van der Waals surface area contributed by atoms with Gasteiger partial charge in [0.05, 0.1) is 0 Å². The van der Waals surface area contributed by atoms with Crippen molar-refractivity contribution in [3.05, 3.63) is 47.5 Å². The van der Waals surface area contributed by atoms with Gasteiger partial charge in [-0.3, -0.25) is 9.69 Å². The summed E-state index contributed by atoms with van der Waals surface area (Å²) in [5.41, 5.74) is 0.840. The molecule has 2 aromatic rings. The predicted molar refractivity (Wildman–Crippen MR) is 82.7 cm³/mol. The number of benzene rings is 1. The largest absolute Gasteiger partial charge is 0.480 e. The van der Waals surface area contributed by atoms with Crippen LogP contribution in [0.4, 0.5) is 5.13 Å². The molecule has 5 nitrogen and oxygen atoms in total. The molecule has 3 rings (SSSR count). The van der Waals surface area contributed by atoms with Crippen molar-refractivity contribution < 1.29 is 9.90 Å². The number of rotatable bonds is 4. The topological polar surface area (TPSA) is 56.7 Å². The lowest BCUT2D eigenvalue weighted by Gasteiger charge is -2.37. The van der Waals surface area contributed by atoms with Crippen LogP contribution in [0.1, 0.15) is 11.6 Å². The average molecular weight is 303 g/mol. The van der Waals surface area contributed by atoms with E-state index in [4.69, 9.17) is 0 Å². The fourth-order valence-corrected chi connectivity index (χ4v) is 3.39. The fourth-order valence-electron chi connectivity index (χ4n) is 2.69. The van der Waals surface area contributed by atoms with E-state index in [-0.39, 0.29) is 0 Å². The summed E-state index contributed by atoms with van der Waals surface area (Å²) < 4.78 is 0. The van der Waals surface area contributed by atoms with Crippen LogP contribution in [0.5, 0.6) is 0 Å². The van der Waals surface area contributed by atoms with Crippen molar-refractivity contribution in [2.45, 2.75) is 6.04 Å². The van der Waals surface area contributed by atoms with Crippen molar-refractivity contribution in [3.8, 4) is 0 Å². The van der Waals surface area contributed by atoms with Gasteiger partial charge in [-0.25, -0.2) is 4.98 Å². The number of carboxylic acid groups (broad SMARTS) is 1. The third-order valence-corrected chi connectivity index (χ3v) is 4.55. The zero-order chi connectivity index (χ0) is 14.7. The molecule has 6 heteroatoms. The van der Waals surface area contributed by atoms with E-state index in [0.29, 0.717) is 0 Å². The molecule has 2 heterocycles. The van der Waals surface area contributed by atoms with Gasteiger partial charge in [0.1, 0.15) is 6.04 Å². The van der Waals surface area contributed by atoms with E-state index in [1.54, 1.807) is 17.5 Å². The predicted octanol–water partition coefficient (Wildman–Crippen LogP) is 2.09. The van der Waals surface area contributed by atoms with E-state index in [1.807, 2.05) is 40.6 Å². The number of hydrogen-bond acceptors (Lipinski definition) is 5. The van der Waals surface area contributed by atoms with Gasteiger partial charge in [0.25, 0.3) is 0 Å². The first-order valence-electron chi connectivity index (χ1n) is 6.92. The van der Waals surface area contributed by atoms with Crippen molar-refractivity contribution in [2.24, 2.45) is 0 Å². The van der Waals surface area contributed by atoms with Crippen LogP contribution >= 0.6 is 11.3 Å². The SMILES string of the molecule is O=C(O)C(c1ccccc1)N1CCN(c2nccs2)CC1. The minimum absolute atomic E-state index is 0.565. The summed E-state index contributed by atoms with van der Waals surface area (Å²) in [7, 11) is 0. The van der Waals surface area contributed by atoms with Crippen LogP contribution in [0.25, 0.3) is 0 Å². The molecule has 21 heavy (non-hydrogen) atoms. The zero-order valence-corrected chi connectivity index (χ0v) is 12.4.